The van der Waals surface area contributed by atoms with Gasteiger partial charge in [0.05, 0.1) is 5.75 Å². The summed E-state index contributed by atoms with van der Waals surface area (Å²) in [6, 6.07) is 5.37. The maximum Gasteiger partial charge on any atom is 0.328 e. The van der Waals surface area contributed by atoms with Crippen LogP contribution in [0.3, 0.4) is 0 Å². The van der Waals surface area contributed by atoms with Crippen LogP contribution >= 0.6 is 11.8 Å². The highest BCUT2D eigenvalue weighted by atomic mass is 32.2. The molecular formula is C19H24FN3O4S2. The zero-order valence-corrected chi connectivity index (χ0v) is 17.7. The Morgan fingerprint density at radius 3 is 2.76 bits per heavy atom. The highest BCUT2D eigenvalue weighted by molar-refractivity contribution is 7.99. The van der Waals surface area contributed by atoms with Gasteiger partial charge in [0, 0.05) is 35.5 Å². The van der Waals surface area contributed by atoms with E-state index < -0.39 is 27.3 Å². The molecule has 1 aromatic carbocycles. The van der Waals surface area contributed by atoms with Gasteiger partial charge in [-0.1, -0.05) is 6.07 Å². The van der Waals surface area contributed by atoms with Crippen molar-refractivity contribution in [3.8, 4) is 0 Å². The molecule has 0 aliphatic heterocycles. The van der Waals surface area contributed by atoms with Gasteiger partial charge in [-0.3, -0.25) is 9.78 Å². The van der Waals surface area contributed by atoms with E-state index in [0.717, 1.165) is 5.75 Å². The molecule has 29 heavy (non-hydrogen) atoms. The number of hydrogen-bond acceptors (Lipinski definition) is 5. The summed E-state index contributed by atoms with van der Waals surface area (Å²) >= 11 is 1.47. The van der Waals surface area contributed by atoms with E-state index in [-0.39, 0.29) is 24.5 Å². The van der Waals surface area contributed by atoms with E-state index in [2.05, 4.69) is 9.71 Å². The number of hydrogen-bond donors (Lipinski definition) is 2. The van der Waals surface area contributed by atoms with Crippen molar-refractivity contribution < 1.29 is 12.8 Å². The fourth-order valence-electron chi connectivity index (χ4n) is 2.83. The molecule has 1 aromatic heterocycles. The van der Waals surface area contributed by atoms with Crippen molar-refractivity contribution in [3.63, 3.8) is 0 Å². The average molecular weight is 442 g/mol. The third-order valence-corrected chi connectivity index (χ3v) is 7.49. The number of nitrogens with zero attached hydrogens (tertiary/aromatic N) is 1. The third kappa shape index (κ3) is 6.55. The topological polar surface area (TPSA) is 101 Å². The van der Waals surface area contributed by atoms with Crippen LogP contribution in [0.15, 0.2) is 44.9 Å². The molecule has 0 bridgehead atoms. The first kappa shape index (κ1) is 21.8. The van der Waals surface area contributed by atoms with Crippen LogP contribution in [0.4, 0.5) is 4.39 Å². The second-order valence-corrected chi connectivity index (χ2v) is 10.2. The Balaban J connectivity index is 1.56. The Morgan fingerprint density at radius 1 is 1.31 bits per heavy atom. The van der Waals surface area contributed by atoms with Gasteiger partial charge in [-0.05, 0) is 49.8 Å². The zero-order chi connectivity index (χ0) is 21.0. The van der Waals surface area contributed by atoms with Gasteiger partial charge < -0.3 is 4.57 Å². The summed E-state index contributed by atoms with van der Waals surface area (Å²) in [5, 5.41) is 0. The summed E-state index contributed by atoms with van der Waals surface area (Å²) in [4.78, 5) is 25.3. The van der Waals surface area contributed by atoms with Crippen molar-refractivity contribution in [2.24, 2.45) is 5.92 Å². The van der Waals surface area contributed by atoms with E-state index in [1.807, 2.05) is 0 Å². The number of halogens is 1. The normalized spacial score (nSPS) is 15.4. The smallest absolute Gasteiger partial charge is 0.301 e. The van der Waals surface area contributed by atoms with Gasteiger partial charge in [0.15, 0.2) is 0 Å². The summed E-state index contributed by atoms with van der Waals surface area (Å²) in [5.74, 6) is 1.08. The van der Waals surface area contributed by atoms with Gasteiger partial charge in [0.1, 0.15) is 5.82 Å². The molecule has 0 spiro atoms. The molecule has 0 radical (unpaired) electrons. The molecule has 1 atom stereocenters. The lowest BCUT2D eigenvalue weighted by atomic mass is 10.1. The second-order valence-electron chi connectivity index (χ2n) is 7.26. The number of sulfonamides is 1. The maximum atomic E-state index is 14.0. The number of aromatic nitrogens is 2. The molecule has 1 heterocycles. The van der Waals surface area contributed by atoms with Gasteiger partial charge in [0.2, 0.25) is 10.0 Å². The Kier molecular flexibility index (Phi) is 6.97. The number of aryl methyl sites for hydroxylation is 1. The predicted molar refractivity (Wildman–Crippen MR) is 111 cm³/mol. The summed E-state index contributed by atoms with van der Waals surface area (Å²) in [6.45, 7) is 1.88. The Labute approximate surface area is 172 Å². The second kappa shape index (κ2) is 9.27. The molecule has 1 aliphatic rings. The molecule has 7 nitrogen and oxygen atoms in total. The van der Waals surface area contributed by atoms with Crippen LogP contribution in [0.1, 0.15) is 37.8 Å². The first-order valence-corrected chi connectivity index (χ1v) is 12.1. The lowest BCUT2D eigenvalue weighted by Crippen LogP contribution is -2.32. The zero-order valence-electron chi connectivity index (χ0n) is 16.1. The standard InChI is InChI=1S/C19H24FN3O4S2/c1-13(15-5-6-16(20)17(11-15)28-12-14-3-4-14)22-29(26,27)10-2-8-23-9-7-18(24)21-19(23)25/h5-7,9,11,13-14,22H,2-4,8,10,12H2,1H3,(H,21,24,25)/t13-/m1/s1. The summed E-state index contributed by atoms with van der Waals surface area (Å²) in [5.41, 5.74) is -0.368. The molecule has 2 aromatic rings. The van der Waals surface area contributed by atoms with E-state index in [1.54, 1.807) is 19.1 Å². The minimum atomic E-state index is -3.60. The maximum absolute atomic E-state index is 14.0. The molecule has 2 N–H and O–H groups in total. The van der Waals surface area contributed by atoms with E-state index >= 15 is 0 Å². The minimum Gasteiger partial charge on any atom is -0.301 e. The van der Waals surface area contributed by atoms with Crippen LogP contribution in [-0.2, 0) is 16.6 Å². The molecular weight excluding hydrogens is 417 g/mol. The largest absolute Gasteiger partial charge is 0.328 e. The Bertz CT molecular complexity index is 1080. The number of nitrogens with one attached hydrogen (secondary N) is 2. The van der Waals surface area contributed by atoms with Crippen LogP contribution in [0.2, 0.25) is 0 Å². The molecule has 1 saturated carbocycles. The fraction of sp³-hybridized carbons (Fsp3) is 0.474. The highest BCUT2D eigenvalue weighted by Crippen LogP contribution is 2.36. The van der Waals surface area contributed by atoms with Gasteiger partial charge >= 0.3 is 5.69 Å². The van der Waals surface area contributed by atoms with Crippen molar-refractivity contribution in [1.29, 1.82) is 0 Å². The van der Waals surface area contributed by atoms with Crippen LogP contribution in [0, 0.1) is 11.7 Å². The van der Waals surface area contributed by atoms with Crippen LogP contribution < -0.4 is 16.0 Å². The van der Waals surface area contributed by atoms with E-state index in [4.69, 9.17) is 0 Å². The number of aromatic amines is 1. The molecule has 0 amide bonds. The minimum absolute atomic E-state index is 0.170. The first-order valence-electron chi connectivity index (χ1n) is 9.45. The summed E-state index contributed by atoms with van der Waals surface area (Å²) in [6.07, 6.45) is 3.93. The van der Waals surface area contributed by atoms with Crippen LogP contribution in [-0.4, -0.2) is 29.5 Å². The highest BCUT2D eigenvalue weighted by Gasteiger charge is 2.22. The van der Waals surface area contributed by atoms with Gasteiger partial charge in [-0.15, -0.1) is 11.8 Å². The average Bonchev–Trinajstić information content (AvgIpc) is 3.47. The van der Waals surface area contributed by atoms with Crippen molar-refractivity contribution >= 4 is 21.8 Å². The van der Waals surface area contributed by atoms with Crippen LogP contribution in [0.25, 0.3) is 0 Å². The monoisotopic (exact) mass is 441 g/mol. The summed E-state index contributed by atoms with van der Waals surface area (Å²) < 4.78 is 42.6. The first-order chi connectivity index (χ1) is 13.7. The van der Waals surface area contributed by atoms with Gasteiger partial charge in [-0.2, -0.15) is 0 Å². The third-order valence-electron chi connectivity index (χ3n) is 4.69. The van der Waals surface area contributed by atoms with E-state index in [9.17, 15) is 22.4 Å². The molecule has 0 saturated heterocycles. The molecule has 10 heteroatoms. The number of thioether (sulfide) groups is 1. The SMILES string of the molecule is C[C@@H](NS(=O)(=O)CCCn1ccc(=O)[nH]c1=O)c1ccc(F)c(SCC2CC2)c1. The Hall–Kier alpha value is -1.91. The van der Waals surface area contributed by atoms with Crippen molar-refractivity contribution in [1.82, 2.24) is 14.3 Å². The van der Waals surface area contributed by atoms with E-state index in [0.29, 0.717) is 16.4 Å². The number of H-pyrrole nitrogens is 1. The van der Waals surface area contributed by atoms with E-state index in [1.165, 1.54) is 47.5 Å². The lowest BCUT2D eigenvalue weighted by molar-refractivity contribution is 0.555. The quantitative estimate of drug-likeness (QED) is 0.551. The molecule has 158 valence electrons. The predicted octanol–water partition coefficient (Wildman–Crippen LogP) is 2.25. The Morgan fingerprint density at radius 2 is 2.07 bits per heavy atom. The lowest BCUT2D eigenvalue weighted by Gasteiger charge is -2.16. The van der Waals surface area contributed by atoms with Crippen molar-refractivity contribution in [2.45, 2.75) is 43.7 Å². The van der Waals surface area contributed by atoms with Gasteiger partial charge in [0.25, 0.3) is 5.56 Å². The molecule has 0 unspecified atom stereocenters. The van der Waals surface area contributed by atoms with Crippen LogP contribution in [0.5, 0.6) is 0 Å². The fourth-order valence-corrected chi connectivity index (χ4v) is 5.31. The molecule has 1 aliphatic carbocycles. The molecule has 3 rings (SSSR count). The van der Waals surface area contributed by atoms with Crippen molar-refractivity contribution in [3.05, 3.63) is 62.7 Å². The van der Waals surface area contributed by atoms with Crippen molar-refractivity contribution in [2.75, 3.05) is 11.5 Å². The number of benzene rings is 1. The molecule has 1 fully saturated rings. The summed E-state index contributed by atoms with van der Waals surface area (Å²) in [7, 11) is -3.60. The van der Waals surface area contributed by atoms with Gasteiger partial charge in [-0.25, -0.2) is 22.3 Å². The number of rotatable bonds is 10.